The molecule has 0 heterocycles. The first-order chi connectivity index (χ1) is 19.3. The van der Waals surface area contributed by atoms with Crippen molar-refractivity contribution in [1.29, 1.82) is 0 Å². The van der Waals surface area contributed by atoms with Crippen LogP contribution in [0.25, 0.3) is 0 Å². The molecule has 43 heavy (non-hydrogen) atoms. The number of hydrogen-bond acceptors (Lipinski definition) is 6. The highest BCUT2D eigenvalue weighted by molar-refractivity contribution is 6.71. The van der Waals surface area contributed by atoms with E-state index in [4.69, 9.17) is 22.4 Å². The van der Waals surface area contributed by atoms with E-state index in [9.17, 15) is 4.79 Å². The number of hydrogen-bond donors (Lipinski definition) is 0. The molecule has 0 saturated heterocycles. The van der Waals surface area contributed by atoms with Crippen LogP contribution in [0.5, 0.6) is 0 Å². The van der Waals surface area contributed by atoms with E-state index in [0.29, 0.717) is 18.4 Å². The summed E-state index contributed by atoms with van der Waals surface area (Å²) in [5.74, 6) is 0.859. The van der Waals surface area contributed by atoms with Gasteiger partial charge in [-0.05, 0) is 141 Å². The molecule has 0 amide bonds. The summed E-state index contributed by atoms with van der Waals surface area (Å²) >= 11 is 0. The van der Waals surface area contributed by atoms with Crippen LogP contribution < -0.4 is 0 Å². The van der Waals surface area contributed by atoms with Crippen LogP contribution in [0, 0.1) is 34.0 Å². The van der Waals surface area contributed by atoms with Crippen LogP contribution in [-0.2, 0) is 27.2 Å². The van der Waals surface area contributed by atoms with Crippen LogP contribution in [0.1, 0.15) is 58.8 Å². The Bertz CT molecular complexity index is 1040. The van der Waals surface area contributed by atoms with Crippen molar-refractivity contribution in [2.75, 3.05) is 13.7 Å². The van der Waals surface area contributed by atoms with E-state index < -0.39 is 38.7 Å². The lowest BCUT2D eigenvalue weighted by molar-refractivity contribution is -0.247. The molecule has 4 aliphatic carbocycles. The molecule has 0 unspecified atom stereocenters. The summed E-state index contributed by atoms with van der Waals surface area (Å²) in [6.07, 6.45) is 7.19. The highest BCUT2D eigenvalue weighted by Crippen LogP contribution is 2.74. The van der Waals surface area contributed by atoms with Crippen molar-refractivity contribution in [1.82, 2.24) is 0 Å². The monoisotopic (exact) mass is 670 g/mol. The van der Waals surface area contributed by atoms with Gasteiger partial charge in [-0.2, -0.15) is 0 Å². The van der Waals surface area contributed by atoms with E-state index in [1.54, 1.807) is 7.11 Å². The predicted octanol–water partition coefficient (Wildman–Crippen LogP) is 8.67. The van der Waals surface area contributed by atoms with Gasteiger partial charge >= 0.3 is 5.97 Å². The zero-order valence-corrected chi connectivity index (χ0v) is 34.5. The van der Waals surface area contributed by atoms with Gasteiger partial charge in [0.1, 0.15) is 0 Å². The van der Waals surface area contributed by atoms with Crippen molar-refractivity contribution in [2.45, 2.75) is 155 Å². The Morgan fingerprint density at radius 3 is 1.91 bits per heavy atom. The van der Waals surface area contributed by atoms with E-state index in [1.165, 1.54) is 0 Å². The smallest absolute Gasteiger partial charge is 0.311 e. The lowest BCUT2D eigenvalue weighted by Gasteiger charge is -2.69. The Balaban J connectivity index is 1.97. The fraction of sp³-hybridized carbons (Fsp3) is 0.970. The highest BCUT2D eigenvalue weighted by Gasteiger charge is 2.75. The summed E-state index contributed by atoms with van der Waals surface area (Å²) < 4.78 is 34.7. The van der Waals surface area contributed by atoms with Gasteiger partial charge in [0.25, 0.3) is 0 Å². The van der Waals surface area contributed by atoms with Crippen LogP contribution in [0.15, 0.2) is 0 Å². The summed E-state index contributed by atoms with van der Waals surface area (Å²) in [7, 11) is -6.19. The first kappa shape index (κ1) is 36.0. The Kier molecular flexibility index (Phi) is 9.56. The number of carbonyl (C=O) groups is 1. The fourth-order valence-electron chi connectivity index (χ4n) is 10.4. The molecule has 0 aromatic carbocycles. The molecule has 4 aliphatic rings. The molecular weight excluding hydrogens is 605 g/mol. The topological polar surface area (TPSA) is 63.2 Å². The van der Waals surface area contributed by atoms with Gasteiger partial charge in [-0.3, -0.25) is 4.79 Å². The Hall–Kier alpha value is 0.178. The summed E-state index contributed by atoms with van der Waals surface area (Å²) in [5, 5.41) is 0. The van der Waals surface area contributed by atoms with Gasteiger partial charge in [0.05, 0.1) is 36.9 Å². The van der Waals surface area contributed by atoms with E-state index in [0.717, 1.165) is 44.9 Å². The normalized spacial score (nSPS) is 41.9. The molecule has 4 saturated carbocycles. The van der Waals surface area contributed by atoms with Crippen molar-refractivity contribution in [3.63, 3.8) is 0 Å². The largest absolute Gasteiger partial charge is 0.469 e. The van der Waals surface area contributed by atoms with E-state index >= 15 is 0 Å². The summed E-state index contributed by atoms with van der Waals surface area (Å²) in [5.41, 5.74) is -1.02. The van der Waals surface area contributed by atoms with E-state index in [-0.39, 0.29) is 40.5 Å². The number of carbonyl (C=O) groups excluding carboxylic acids is 1. The molecule has 10 heteroatoms. The maximum atomic E-state index is 13.8. The first-order valence-electron chi connectivity index (χ1n) is 17.1. The van der Waals surface area contributed by atoms with Crippen molar-refractivity contribution in [2.24, 2.45) is 34.0 Å². The Morgan fingerprint density at radius 2 is 1.40 bits per heavy atom. The Morgan fingerprint density at radius 1 is 0.791 bits per heavy atom. The average Bonchev–Trinajstić information content (AvgIpc) is 3.03. The number of ether oxygens (including phenoxy) is 1. The van der Waals surface area contributed by atoms with Crippen molar-refractivity contribution in [3.8, 4) is 0 Å². The summed E-state index contributed by atoms with van der Waals surface area (Å²) in [6, 6.07) is 0. The molecule has 0 radical (unpaired) electrons. The quantitative estimate of drug-likeness (QED) is 0.171. The van der Waals surface area contributed by atoms with Gasteiger partial charge in [0, 0.05) is 11.3 Å². The molecule has 1 spiro atoms. The van der Waals surface area contributed by atoms with Gasteiger partial charge in [-0.15, -0.1) is 0 Å². The number of esters is 1. The molecule has 9 atom stereocenters. The lowest BCUT2D eigenvalue weighted by Crippen LogP contribution is -2.71. The minimum absolute atomic E-state index is 0.0487. The van der Waals surface area contributed by atoms with Gasteiger partial charge < -0.3 is 22.4 Å². The van der Waals surface area contributed by atoms with Gasteiger partial charge in [0.15, 0.2) is 33.3 Å². The molecule has 250 valence electrons. The third-order valence-corrected chi connectivity index (χ3v) is 15.1. The summed E-state index contributed by atoms with van der Waals surface area (Å²) in [4.78, 5) is 13.8. The standard InChI is InChI=1S/C33H66O6Si4/c1-30-19-16-20-31(2,29(34)35-3)27(30)26(37-41(7,8)9)28(38-42(10,11)12)32-21-24(17-18-25(30)32)33(22-32,39-43(13,14)15)23-36-40(4,5)6/h24-28H,16-23H2,1-15H3/t24-,25-,26-,27-,28-,30-,31+,32+,33+/m1/s1. The van der Waals surface area contributed by atoms with Gasteiger partial charge in [-0.25, -0.2) is 0 Å². The fourth-order valence-corrected chi connectivity index (χ4v) is 14.8. The second kappa shape index (κ2) is 11.4. The third kappa shape index (κ3) is 6.92. The molecule has 0 aromatic heterocycles. The lowest BCUT2D eigenvalue weighted by atomic mass is 9.39. The Labute approximate surface area is 268 Å². The average molecular weight is 671 g/mol. The van der Waals surface area contributed by atoms with E-state index in [2.05, 4.69) is 92.4 Å². The van der Waals surface area contributed by atoms with Crippen LogP contribution in [0.3, 0.4) is 0 Å². The van der Waals surface area contributed by atoms with Crippen LogP contribution in [-0.4, -0.2) is 70.8 Å². The maximum Gasteiger partial charge on any atom is 0.311 e. The SMILES string of the molecule is COC(=O)[C@@]1(C)CCC[C@]2(C)[C@H]3CC[C@@H]4C[C@@]3(C[C@@]4(CO[Si](C)(C)C)O[Si](C)(C)C)[C@H](O[Si](C)(C)C)[C@H](O[Si](C)(C)C)[C@H]21. The molecule has 0 N–H and O–H groups in total. The first-order valence-corrected chi connectivity index (χ1v) is 30.7. The predicted molar refractivity (Wildman–Crippen MR) is 186 cm³/mol. The second-order valence-corrected chi connectivity index (χ2v) is 37.1. The van der Waals surface area contributed by atoms with Crippen LogP contribution in [0.2, 0.25) is 78.6 Å². The number of rotatable bonds is 10. The van der Waals surface area contributed by atoms with Crippen molar-refractivity contribution < 1.29 is 27.2 Å². The van der Waals surface area contributed by atoms with Crippen LogP contribution >= 0.6 is 0 Å². The zero-order valence-electron chi connectivity index (χ0n) is 30.5. The van der Waals surface area contributed by atoms with Gasteiger partial charge in [-0.1, -0.05) is 13.3 Å². The molecule has 2 bridgehead atoms. The molecule has 4 fully saturated rings. The second-order valence-electron chi connectivity index (χ2n) is 19.2. The number of methoxy groups -OCH3 is 1. The van der Waals surface area contributed by atoms with Crippen molar-refractivity contribution >= 4 is 39.2 Å². The van der Waals surface area contributed by atoms with Crippen molar-refractivity contribution in [3.05, 3.63) is 0 Å². The molecule has 0 aliphatic heterocycles. The zero-order chi connectivity index (χ0) is 32.7. The third-order valence-electron chi connectivity index (χ3n) is 11.2. The molecular formula is C33H66O6Si4. The number of fused-ring (bicyclic) bond motifs is 3. The minimum Gasteiger partial charge on any atom is -0.469 e. The van der Waals surface area contributed by atoms with Gasteiger partial charge in [0.2, 0.25) is 0 Å². The summed E-state index contributed by atoms with van der Waals surface area (Å²) in [6.45, 7) is 33.2. The highest BCUT2D eigenvalue weighted by atomic mass is 28.4. The van der Waals surface area contributed by atoms with E-state index in [1.807, 2.05) is 0 Å². The van der Waals surface area contributed by atoms with Crippen LogP contribution in [0.4, 0.5) is 0 Å². The maximum absolute atomic E-state index is 13.8. The molecule has 4 rings (SSSR count). The molecule has 6 nitrogen and oxygen atoms in total. The molecule has 0 aromatic rings. The minimum atomic E-state index is -2.04.